The van der Waals surface area contributed by atoms with Gasteiger partial charge in [0.2, 0.25) is 0 Å². The monoisotopic (exact) mass is 271 g/mol. The molecular formula is C14H25NO4. The van der Waals surface area contributed by atoms with Gasteiger partial charge in [0, 0.05) is 6.04 Å². The SMILES string of the molecule is CC(C)(C)OC(=O)N[C@H]1CCCCCC[C@H]1C(=O)O. The number of hydrogen-bond acceptors (Lipinski definition) is 3. The van der Waals surface area contributed by atoms with Crippen molar-refractivity contribution in [2.24, 2.45) is 5.92 Å². The van der Waals surface area contributed by atoms with Crippen LogP contribution in [0.25, 0.3) is 0 Å². The number of carbonyl (C=O) groups excluding carboxylic acids is 1. The van der Waals surface area contributed by atoms with Gasteiger partial charge in [-0.15, -0.1) is 0 Å². The largest absolute Gasteiger partial charge is 0.481 e. The van der Waals surface area contributed by atoms with Gasteiger partial charge in [0.1, 0.15) is 5.60 Å². The first-order valence-corrected chi connectivity index (χ1v) is 7.02. The second-order valence-electron chi connectivity index (χ2n) is 6.19. The highest BCUT2D eigenvalue weighted by Gasteiger charge is 2.31. The lowest BCUT2D eigenvalue weighted by atomic mass is 9.87. The zero-order valence-corrected chi connectivity index (χ0v) is 12.1. The van der Waals surface area contributed by atoms with Crippen molar-refractivity contribution in [2.75, 3.05) is 0 Å². The first kappa shape index (κ1) is 15.8. The third-order valence-corrected chi connectivity index (χ3v) is 3.29. The van der Waals surface area contributed by atoms with E-state index in [0.29, 0.717) is 12.8 Å². The molecule has 1 rings (SSSR count). The molecule has 1 fully saturated rings. The van der Waals surface area contributed by atoms with Crippen molar-refractivity contribution < 1.29 is 19.4 Å². The number of carbonyl (C=O) groups is 2. The minimum atomic E-state index is -0.831. The molecule has 1 aliphatic rings. The van der Waals surface area contributed by atoms with Crippen LogP contribution in [0.5, 0.6) is 0 Å². The van der Waals surface area contributed by atoms with Gasteiger partial charge in [0.05, 0.1) is 5.92 Å². The molecule has 0 aromatic rings. The Morgan fingerprint density at radius 2 is 1.68 bits per heavy atom. The molecular weight excluding hydrogens is 246 g/mol. The average molecular weight is 271 g/mol. The maximum absolute atomic E-state index is 11.8. The van der Waals surface area contributed by atoms with E-state index in [1.807, 2.05) is 0 Å². The predicted octanol–water partition coefficient (Wildman–Crippen LogP) is 2.93. The number of alkyl carbamates (subject to hydrolysis) is 1. The van der Waals surface area contributed by atoms with Crippen molar-refractivity contribution in [1.29, 1.82) is 0 Å². The average Bonchev–Trinajstić information content (AvgIpc) is 2.18. The van der Waals surface area contributed by atoms with Crippen LogP contribution in [-0.2, 0) is 9.53 Å². The fraction of sp³-hybridized carbons (Fsp3) is 0.857. The van der Waals surface area contributed by atoms with Crippen LogP contribution in [0.4, 0.5) is 4.79 Å². The van der Waals surface area contributed by atoms with E-state index >= 15 is 0 Å². The molecule has 1 amide bonds. The molecule has 1 saturated carbocycles. The summed E-state index contributed by atoms with van der Waals surface area (Å²) in [4.78, 5) is 23.1. The van der Waals surface area contributed by atoms with E-state index in [9.17, 15) is 14.7 Å². The lowest BCUT2D eigenvalue weighted by molar-refractivity contribution is -0.143. The highest BCUT2D eigenvalue weighted by molar-refractivity contribution is 5.73. The molecule has 1 aliphatic carbocycles. The summed E-state index contributed by atoms with van der Waals surface area (Å²) in [6, 6.07) is -0.326. The number of aliphatic carboxylic acids is 1. The standard InChI is InChI=1S/C14H25NO4/c1-14(2,3)19-13(18)15-11-9-7-5-4-6-8-10(11)12(16)17/h10-11H,4-9H2,1-3H3,(H,15,18)(H,16,17)/t10-,11+/m1/s1. The van der Waals surface area contributed by atoms with Crippen molar-refractivity contribution in [3.63, 3.8) is 0 Å². The lowest BCUT2D eigenvalue weighted by Crippen LogP contribution is -2.45. The normalized spacial score (nSPS) is 25.0. The van der Waals surface area contributed by atoms with Gasteiger partial charge in [-0.1, -0.05) is 25.7 Å². The van der Waals surface area contributed by atoms with Gasteiger partial charge in [0.15, 0.2) is 0 Å². The number of carboxylic acids is 1. The highest BCUT2D eigenvalue weighted by Crippen LogP contribution is 2.23. The quantitative estimate of drug-likeness (QED) is 0.809. The minimum Gasteiger partial charge on any atom is -0.481 e. The maximum atomic E-state index is 11.8. The minimum absolute atomic E-state index is 0.326. The summed E-state index contributed by atoms with van der Waals surface area (Å²) in [5.41, 5.74) is -0.565. The smallest absolute Gasteiger partial charge is 0.407 e. The molecule has 0 unspecified atom stereocenters. The van der Waals surface area contributed by atoms with Crippen molar-refractivity contribution in [3.05, 3.63) is 0 Å². The van der Waals surface area contributed by atoms with E-state index in [1.54, 1.807) is 20.8 Å². The van der Waals surface area contributed by atoms with Gasteiger partial charge >= 0.3 is 12.1 Å². The van der Waals surface area contributed by atoms with Crippen molar-refractivity contribution in [1.82, 2.24) is 5.32 Å². The molecule has 2 N–H and O–H groups in total. The number of carboxylic acid groups (broad SMARTS) is 1. The number of rotatable bonds is 2. The van der Waals surface area contributed by atoms with Gasteiger partial charge in [-0.2, -0.15) is 0 Å². The first-order valence-electron chi connectivity index (χ1n) is 7.02. The highest BCUT2D eigenvalue weighted by atomic mass is 16.6. The molecule has 0 saturated heterocycles. The first-order chi connectivity index (χ1) is 8.79. The van der Waals surface area contributed by atoms with Crippen LogP contribution in [-0.4, -0.2) is 28.8 Å². The predicted molar refractivity (Wildman–Crippen MR) is 72.0 cm³/mol. The molecule has 0 heterocycles. The summed E-state index contributed by atoms with van der Waals surface area (Å²) in [5, 5.41) is 12.0. The van der Waals surface area contributed by atoms with E-state index in [1.165, 1.54) is 0 Å². The summed E-state index contributed by atoms with van der Waals surface area (Å²) < 4.78 is 5.20. The van der Waals surface area contributed by atoms with E-state index in [2.05, 4.69) is 5.32 Å². The van der Waals surface area contributed by atoms with Gasteiger partial charge in [-0.05, 0) is 33.6 Å². The van der Waals surface area contributed by atoms with Gasteiger partial charge in [-0.3, -0.25) is 4.79 Å². The molecule has 5 nitrogen and oxygen atoms in total. The van der Waals surface area contributed by atoms with Crippen LogP contribution in [0.2, 0.25) is 0 Å². The molecule has 110 valence electrons. The zero-order valence-electron chi connectivity index (χ0n) is 12.1. The maximum Gasteiger partial charge on any atom is 0.407 e. The fourth-order valence-corrected chi connectivity index (χ4v) is 2.41. The Kier molecular flexibility index (Phi) is 5.63. The van der Waals surface area contributed by atoms with Crippen LogP contribution in [0.3, 0.4) is 0 Å². The third kappa shape index (κ3) is 5.94. The second kappa shape index (κ2) is 6.78. The van der Waals surface area contributed by atoms with Crippen LogP contribution >= 0.6 is 0 Å². The molecule has 2 atom stereocenters. The summed E-state index contributed by atoms with van der Waals surface area (Å²) in [6.45, 7) is 5.37. The Balaban J connectivity index is 2.63. The van der Waals surface area contributed by atoms with Gasteiger partial charge in [-0.25, -0.2) is 4.79 Å². The molecule has 0 radical (unpaired) electrons. The second-order valence-corrected chi connectivity index (χ2v) is 6.19. The molecule has 0 bridgehead atoms. The van der Waals surface area contributed by atoms with E-state index < -0.39 is 23.6 Å². The molecule has 0 aliphatic heterocycles. The molecule has 19 heavy (non-hydrogen) atoms. The lowest BCUT2D eigenvalue weighted by Gasteiger charge is -2.28. The van der Waals surface area contributed by atoms with Crippen LogP contribution < -0.4 is 5.32 Å². The molecule has 5 heteroatoms. The van der Waals surface area contributed by atoms with E-state index in [0.717, 1.165) is 25.7 Å². The Morgan fingerprint density at radius 3 is 2.21 bits per heavy atom. The fourth-order valence-electron chi connectivity index (χ4n) is 2.41. The Labute approximate surface area is 114 Å². The van der Waals surface area contributed by atoms with Gasteiger partial charge in [0.25, 0.3) is 0 Å². The Morgan fingerprint density at radius 1 is 1.11 bits per heavy atom. The van der Waals surface area contributed by atoms with Crippen LogP contribution in [0, 0.1) is 5.92 Å². The molecule has 0 aromatic carbocycles. The number of amides is 1. The molecule has 0 aromatic heterocycles. The van der Waals surface area contributed by atoms with Crippen molar-refractivity contribution in [3.8, 4) is 0 Å². The van der Waals surface area contributed by atoms with Crippen LogP contribution in [0.15, 0.2) is 0 Å². The number of ether oxygens (including phenoxy) is 1. The third-order valence-electron chi connectivity index (χ3n) is 3.29. The van der Waals surface area contributed by atoms with E-state index in [-0.39, 0.29) is 6.04 Å². The summed E-state index contributed by atoms with van der Waals surface area (Å²) in [7, 11) is 0. The summed E-state index contributed by atoms with van der Waals surface area (Å²) >= 11 is 0. The zero-order chi connectivity index (χ0) is 14.5. The molecule has 0 spiro atoms. The van der Waals surface area contributed by atoms with Crippen molar-refractivity contribution in [2.45, 2.75) is 70.9 Å². The Hall–Kier alpha value is -1.26. The Bertz CT molecular complexity index is 322. The van der Waals surface area contributed by atoms with Gasteiger partial charge < -0.3 is 15.2 Å². The van der Waals surface area contributed by atoms with Crippen LogP contribution in [0.1, 0.15) is 59.3 Å². The number of hydrogen-bond donors (Lipinski definition) is 2. The van der Waals surface area contributed by atoms with E-state index in [4.69, 9.17) is 4.74 Å². The summed E-state index contributed by atoms with van der Waals surface area (Å²) in [6.07, 6.45) is 4.82. The topological polar surface area (TPSA) is 75.6 Å². The summed E-state index contributed by atoms with van der Waals surface area (Å²) in [5.74, 6) is -1.34. The number of nitrogens with one attached hydrogen (secondary N) is 1. The van der Waals surface area contributed by atoms with Crippen molar-refractivity contribution >= 4 is 12.1 Å².